The minimum atomic E-state index is -4.34. The van der Waals surface area contributed by atoms with Crippen molar-refractivity contribution in [2.45, 2.75) is 35.2 Å². The van der Waals surface area contributed by atoms with Crippen LogP contribution in [0.25, 0.3) is 0 Å². The third-order valence-electron chi connectivity index (χ3n) is 3.34. The third-order valence-corrected chi connectivity index (χ3v) is 4.08. The summed E-state index contributed by atoms with van der Waals surface area (Å²) in [5.74, 6) is -0.373. The molecule has 110 valence electrons. The van der Waals surface area contributed by atoms with Gasteiger partial charge in [0.1, 0.15) is 0 Å². The summed E-state index contributed by atoms with van der Waals surface area (Å²) >= 11 is -0.217. The number of rotatable bonds is 4. The Bertz CT molecular complexity index is 478. The maximum Gasteiger partial charge on any atom is 0.446 e. The Hall–Kier alpha value is -1.21. The normalized spacial score (nSPS) is 17.4. The number of halogens is 3. The zero-order chi connectivity index (χ0) is 14.8. The molecule has 0 unspecified atom stereocenters. The summed E-state index contributed by atoms with van der Waals surface area (Å²) in [5.41, 5.74) is -4.61. The van der Waals surface area contributed by atoms with Gasteiger partial charge in [-0.25, -0.2) is 0 Å². The summed E-state index contributed by atoms with van der Waals surface area (Å²) in [5, 5.41) is 12.0. The zero-order valence-corrected chi connectivity index (χ0v) is 11.4. The second kappa shape index (κ2) is 5.65. The molecule has 0 aromatic heterocycles. The minimum Gasteiger partial charge on any atom is -0.394 e. The molecule has 1 saturated carbocycles. The van der Waals surface area contributed by atoms with Crippen LogP contribution in [0.2, 0.25) is 0 Å². The summed E-state index contributed by atoms with van der Waals surface area (Å²) in [6.45, 7) is -0.124. The van der Waals surface area contributed by atoms with Crippen molar-refractivity contribution in [2.75, 3.05) is 6.61 Å². The lowest BCUT2D eigenvalue weighted by Gasteiger charge is -2.40. The molecule has 1 aromatic rings. The van der Waals surface area contributed by atoms with Gasteiger partial charge in [0.15, 0.2) is 0 Å². The monoisotopic (exact) mass is 305 g/mol. The first kappa shape index (κ1) is 15.2. The van der Waals surface area contributed by atoms with E-state index in [9.17, 15) is 23.1 Å². The van der Waals surface area contributed by atoms with Crippen LogP contribution in [-0.2, 0) is 0 Å². The predicted octanol–water partition coefficient (Wildman–Crippen LogP) is 2.94. The second-order valence-corrected chi connectivity index (χ2v) is 5.96. The zero-order valence-electron chi connectivity index (χ0n) is 10.5. The van der Waals surface area contributed by atoms with Crippen molar-refractivity contribution in [2.24, 2.45) is 0 Å². The first-order chi connectivity index (χ1) is 9.34. The van der Waals surface area contributed by atoms with E-state index in [1.807, 2.05) is 0 Å². The van der Waals surface area contributed by atoms with Crippen molar-refractivity contribution in [3.05, 3.63) is 29.8 Å². The number of aliphatic hydroxyl groups excluding tert-OH is 1. The van der Waals surface area contributed by atoms with Gasteiger partial charge in [-0.1, -0.05) is 0 Å². The maximum absolute atomic E-state index is 12.2. The highest BCUT2D eigenvalue weighted by atomic mass is 32.2. The molecule has 1 aliphatic carbocycles. The molecule has 0 radical (unpaired) electrons. The minimum absolute atomic E-state index is 0.0366. The summed E-state index contributed by atoms with van der Waals surface area (Å²) in [6, 6.07) is 5.24. The van der Waals surface area contributed by atoms with Crippen LogP contribution in [0.5, 0.6) is 0 Å². The largest absolute Gasteiger partial charge is 0.446 e. The van der Waals surface area contributed by atoms with Gasteiger partial charge in [-0.05, 0) is 55.3 Å². The lowest BCUT2D eigenvalue weighted by Crippen LogP contribution is -2.56. The molecule has 1 fully saturated rings. The fourth-order valence-electron chi connectivity index (χ4n) is 2.05. The Balaban J connectivity index is 2.00. The van der Waals surface area contributed by atoms with Crippen molar-refractivity contribution in [1.29, 1.82) is 0 Å². The number of hydrogen-bond acceptors (Lipinski definition) is 3. The molecule has 0 bridgehead atoms. The molecule has 0 atom stereocenters. The van der Waals surface area contributed by atoms with Gasteiger partial charge in [0, 0.05) is 10.5 Å². The number of thioether (sulfide) groups is 1. The quantitative estimate of drug-likeness (QED) is 0.841. The topological polar surface area (TPSA) is 49.3 Å². The van der Waals surface area contributed by atoms with Crippen LogP contribution >= 0.6 is 11.8 Å². The molecule has 7 heteroatoms. The molecule has 3 nitrogen and oxygen atoms in total. The van der Waals surface area contributed by atoms with Crippen LogP contribution in [0.15, 0.2) is 29.2 Å². The van der Waals surface area contributed by atoms with Gasteiger partial charge < -0.3 is 10.4 Å². The molecule has 20 heavy (non-hydrogen) atoms. The lowest BCUT2D eigenvalue weighted by atomic mass is 9.77. The summed E-state index contributed by atoms with van der Waals surface area (Å²) < 4.78 is 36.5. The number of alkyl halides is 3. The molecule has 0 aliphatic heterocycles. The summed E-state index contributed by atoms with van der Waals surface area (Å²) in [4.78, 5) is 12.0. The van der Waals surface area contributed by atoms with E-state index in [4.69, 9.17) is 0 Å². The fraction of sp³-hybridized carbons (Fsp3) is 0.462. The summed E-state index contributed by atoms with van der Waals surface area (Å²) in [7, 11) is 0. The van der Waals surface area contributed by atoms with Crippen molar-refractivity contribution in [3.63, 3.8) is 0 Å². The van der Waals surface area contributed by atoms with E-state index in [1.54, 1.807) is 0 Å². The molecule has 1 aromatic carbocycles. The van der Waals surface area contributed by atoms with Crippen LogP contribution in [0, 0.1) is 0 Å². The molecular weight excluding hydrogens is 291 g/mol. The second-order valence-electron chi connectivity index (χ2n) is 4.82. The van der Waals surface area contributed by atoms with Gasteiger partial charge in [0.05, 0.1) is 12.1 Å². The molecule has 1 amide bonds. The van der Waals surface area contributed by atoms with E-state index in [-0.39, 0.29) is 34.7 Å². The van der Waals surface area contributed by atoms with Crippen LogP contribution < -0.4 is 5.32 Å². The lowest BCUT2D eigenvalue weighted by molar-refractivity contribution is -0.0328. The van der Waals surface area contributed by atoms with Crippen molar-refractivity contribution in [3.8, 4) is 0 Å². The molecule has 0 heterocycles. The number of carbonyl (C=O) groups excluding carboxylic acids is 1. The van der Waals surface area contributed by atoms with E-state index in [0.29, 0.717) is 0 Å². The van der Waals surface area contributed by atoms with Crippen molar-refractivity contribution < 1.29 is 23.1 Å². The fourth-order valence-corrected chi connectivity index (χ4v) is 2.59. The molecule has 2 N–H and O–H groups in total. The van der Waals surface area contributed by atoms with Gasteiger partial charge in [-0.3, -0.25) is 4.79 Å². The number of benzene rings is 1. The van der Waals surface area contributed by atoms with E-state index in [2.05, 4.69) is 5.32 Å². The molecule has 0 spiro atoms. The van der Waals surface area contributed by atoms with E-state index >= 15 is 0 Å². The molecular formula is C13H14F3NO2S. The average Bonchev–Trinajstić information content (AvgIpc) is 2.32. The van der Waals surface area contributed by atoms with Gasteiger partial charge in [0.2, 0.25) is 0 Å². The molecule has 1 aliphatic rings. The van der Waals surface area contributed by atoms with E-state index in [0.717, 1.165) is 19.3 Å². The number of hydrogen-bond donors (Lipinski definition) is 2. The Morgan fingerprint density at radius 2 is 1.90 bits per heavy atom. The highest BCUT2D eigenvalue weighted by Gasteiger charge is 2.37. The third kappa shape index (κ3) is 3.67. The van der Waals surface area contributed by atoms with Gasteiger partial charge in [-0.2, -0.15) is 13.2 Å². The Labute approximate surface area is 118 Å². The van der Waals surface area contributed by atoms with Crippen LogP contribution in [0.4, 0.5) is 13.2 Å². The summed E-state index contributed by atoms with van der Waals surface area (Å²) in [6.07, 6.45) is 2.39. The van der Waals surface area contributed by atoms with E-state index < -0.39 is 11.0 Å². The Kier molecular flexibility index (Phi) is 4.29. The molecule has 0 saturated heterocycles. The number of amides is 1. The van der Waals surface area contributed by atoms with Gasteiger partial charge in [-0.15, -0.1) is 0 Å². The highest BCUT2D eigenvalue weighted by Crippen LogP contribution is 2.37. The first-order valence-corrected chi connectivity index (χ1v) is 6.94. The van der Waals surface area contributed by atoms with Crippen molar-refractivity contribution >= 4 is 17.7 Å². The van der Waals surface area contributed by atoms with Crippen molar-refractivity contribution in [1.82, 2.24) is 5.32 Å². The van der Waals surface area contributed by atoms with E-state index in [1.165, 1.54) is 24.3 Å². The first-order valence-electron chi connectivity index (χ1n) is 6.13. The maximum atomic E-state index is 12.2. The van der Waals surface area contributed by atoms with Gasteiger partial charge >= 0.3 is 5.51 Å². The average molecular weight is 305 g/mol. The van der Waals surface area contributed by atoms with Crippen LogP contribution in [0.1, 0.15) is 29.6 Å². The number of aliphatic hydroxyl groups is 1. The van der Waals surface area contributed by atoms with Crippen LogP contribution in [-0.4, -0.2) is 28.7 Å². The standard InChI is InChI=1S/C13H14F3NO2S/c14-13(15,16)20-10-4-2-9(3-5-10)11(19)17-12(8-18)6-1-7-12/h2-5,18H,1,6-8H2,(H,17,19). The van der Waals surface area contributed by atoms with Gasteiger partial charge in [0.25, 0.3) is 5.91 Å². The smallest absolute Gasteiger partial charge is 0.394 e. The molecule has 2 rings (SSSR count). The predicted molar refractivity (Wildman–Crippen MR) is 69.5 cm³/mol. The highest BCUT2D eigenvalue weighted by molar-refractivity contribution is 8.00. The SMILES string of the molecule is O=C(NC1(CO)CCC1)c1ccc(SC(F)(F)F)cc1. The Morgan fingerprint density at radius 3 is 2.30 bits per heavy atom. The Morgan fingerprint density at radius 1 is 1.30 bits per heavy atom. The number of carbonyl (C=O) groups is 1. The number of nitrogens with one attached hydrogen (secondary N) is 1. The van der Waals surface area contributed by atoms with Crippen LogP contribution in [0.3, 0.4) is 0 Å².